The van der Waals surface area contributed by atoms with Crippen LogP contribution in [0, 0.1) is 0 Å². The van der Waals surface area contributed by atoms with Crippen molar-refractivity contribution in [3.8, 4) is 0 Å². The SMILES string of the molecule is CCCN(C(=O)N1CCCC1)C1CCNC1. The number of hydrogen-bond acceptors (Lipinski definition) is 2. The molecule has 2 fully saturated rings. The van der Waals surface area contributed by atoms with Crippen LogP contribution in [0.4, 0.5) is 4.79 Å². The lowest BCUT2D eigenvalue weighted by molar-refractivity contribution is 0.145. The summed E-state index contributed by atoms with van der Waals surface area (Å²) in [6.07, 6.45) is 4.51. The van der Waals surface area contributed by atoms with E-state index in [4.69, 9.17) is 0 Å². The molecule has 1 unspecified atom stereocenters. The number of carbonyl (C=O) groups is 1. The number of rotatable bonds is 3. The fourth-order valence-electron chi connectivity index (χ4n) is 2.67. The van der Waals surface area contributed by atoms with Gasteiger partial charge in [0.15, 0.2) is 0 Å². The number of amides is 2. The Balaban J connectivity index is 1.96. The second-order valence-electron chi connectivity index (χ2n) is 4.82. The molecule has 0 saturated carbocycles. The minimum atomic E-state index is 0.271. The average molecular weight is 225 g/mol. The first-order chi connectivity index (χ1) is 7.83. The molecule has 92 valence electrons. The van der Waals surface area contributed by atoms with E-state index in [2.05, 4.69) is 17.1 Å². The molecule has 2 amide bonds. The highest BCUT2D eigenvalue weighted by molar-refractivity contribution is 5.75. The van der Waals surface area contributed by atoms with Gasteiger partial charge >= 0.3 is 6.03 Å². The zero-order valence-electron chi connectivity index (χ0n) is 10.2. The van der Waals surface area contributed by atoms with Gasteiger partial charge in [-0.1, -0.05) is 6.92 Å². The number of urea groups is 1. The number of nitrogens with one attached hydrogen (secondary N) is 1. The Kier molecular flexibility index (Phi) is 4.04. The molecule has 16 heavy (non-hydrogen) atoms. The zero-order valence-corrected chi connectivity index (χ0v) is 10.2. The summed E-state index contributed by atoms with van der Waals surface area (Å²) in [5.41, 5.74) is 0. The number of nitrogens with zero attached hydrogens (tertiary/aromatic N) is 2. The molecule has 2 rings (SSSR count). The molecule has 0 aromatic carbocycles. The van der Waals surface area contributed by atoms with E-state index in [-0.39, 0.29) is 6.03 Å². The van der Waals surface area contributed by atoms with Crippen LogP contribution in [-0.4, -0.2) is 54.6 Å². The van der Waals surface area contributed by atoms with Gasteiger partial charge in [0.2, 0.25) is 0 Å². The minimum Gasteiger partial charge on any atom is -0.325 e. The van der Waals surface area contributed by atoms with Crippen molar-refractivity contribution in [2.45, 2.75) is 38.6 Å². The van der Waals surface area contributed by atoms with Crippen molar-refractivity contribution in [2.24, 2.45) is 0 Å². The van der Waals surface area contributed by atoms with Crippen molar-refractivity contribution in [1.82, 2.24) is 15.1 Å². The number of carbonyl (C=O) groups excluding carboxylic acids is 1. The first kappa shape index (κ1) is 11.7. The van der Waals surface area contributed by atoms with Crippen LogP contribution in [0.3, 0.4) is 0 Å². The normalized spacial score (nSPS) is 25.1. The molecule has 2 aliphatic heterocycles. The van der Waals surface area contributed by atoms with Crippen LogP contribution in [0.15, 0.2) is 0 Å². The summed E-state index contributed by atoms with van der Waals surface area (Å²) in [6, 6.07) is 0.695. The topological polar surface area (TPSA) is 35.6 Å². The fraction of sp³-hybridized carbons (Fsp3) is 0.917. The van der Waals surface area contributed by atoms with Crippen LogP contribution in [0.25, 0.3) is 0 Å². The lowest BCUT2D eigenvalue weighted by Crippen LogP contribution is -2.48. The van der Waals surface area contributed by atoms with Gasteiger partial charge in [-0.3, -0.25) is 0 Å². The van der Waals surface area contributed by atoms with Crippen molar-refractivity contribution < 1.29 is 4.79 Å². The molecule has 0 bridgehead atoms. The summed E-state index contributed by atoms with van der Waals surface area (Å²) in [7, 11) is 0. The van der Waals surface area contributed by atoms with Crippen LogP contribution < -0.4 is 5.32 Å². The van der Waals surface area contributed by atoms with E-state index in [0.29, 0.717) is 6.04 Å². The molecule has 2 saturated heterocycles. The molecule has 0 aromatic heterocycles. The van der Waals surface area contributed by atoms with Crippen LogP contribution in [0.5, 0.6) is 0 Å². The Bertz CT molecular complexity index is 232. The second kappa shape index (κ2) is 5.53. The molecule has 4 nitrogen and oxygen atoms in total. The fourth-order valence-corrected chi connectivity index (χ4v) is 2.67. The highest BCUT2D eigenvalue weighted by atomic mass is 16.2. The average Bonchev–Trinajstić information content (AvgIpc) is 2.96. The maximum Gasteiger partial charge on any atom is 0.320 e. The summed E-state index contributed by atoms with van der Waals surface area (Å²) in [5, 5.41) is 3.34. The maximum absolute atomic E-state index is 12.3. The van der Waals surface area contributed by atoms with Crippen molar-refractivity contribution in [2.75, 3.05) is 32.7 Å². The Morgan fingerprint density at radius 1 is 1.44 bits per heavy atom. The summed E-state index contributed by atoms with van der Waals surface area (Å²) in [4.78, 5) is 16.5. The van der Waals surface area contributed by atoms with E-state index >= 15 is 0 Å². The van der Waals surface area contributed by atoms with Gasteiger partial charge in [0.1, 0.15) is 0 Å². The monoisotopic (exact) mass is 225 g/mol. The molecular weight excluding hydrogens is 202 g/mol. The summed E-state index contributed by atoms with van der Waals surface area (Å²) < 4.78 is 0. The number of hydrogen-bond donors (Lipinski definition) is 1. The highest BCUT2D eigenvalue weighted by Gasteiger charge is 2.30. The Hall–Kier alpha value is -0.770. The standard InChI is InChI=1S/C12H23N3O/c1-2-7-15(11-5-6-13-10-11)12(16)14-8-3-4-9-14/h11,13H,2-10H2,1H3. The lowest BCUT2D eigenvalue weighted by atomic mass is 10.2. The van der Waals surface area contributed by atoms with Gasteiger partial charge in [-0.15, -0.1) is 0 Å². The molecule has 1 N–H and O–H groups in total. The molecule has 0 aromatic rings. The van der Waals surface area contributed by atoms with E-state index < -0.39 is 0 Å². The van der Waals surface area contributed by atoms with E-state index in [1.54, 1.807) is 0 Å². The van der Waals surface area contributed by atoms with Gasteiger partial charge in [0.25, 0.3) is 0 Å². The predicted molar refractivity (Wildman–Crippen MR) is 64.5 cm³/mol. The maximum atomic E-state index is 12.3. The molecule has 4 heteroatoms. The lowest BCUT2D eigenvalue weighted by Gasteiger charge is -2.32. The van der Waals surface area contributed by atoms with Gasteiger partial charge in [-0.25, -0.2) is 4.79 Å². The molecule has 0 spiro atoms. The van der Waals surface area contributed by atoms with E-state index in [9.17, 15) is 4.79 Å². The van der Waals surface area contributed by atoms with E-state index in [0.717, 1.165) is 45.6 Å². The van der Waals surface area contributed by atoms with Crippen LogP contribution in [0.1, 0.15) is 32.6 Å². The minimum absolute atomic E-state index is 0.271. The third-order valence-corrected chi connectivity index (χ3v) is 3.56. The molecular formula is C12H23N3O. The number of likely N-dealkylation sites (tertiary alicyclic amines) is 1. The van der Waals surface area contributed by atoms with Crippen LogP contribution >= 0.6 is 0 Å². The predicted octanol–water partition coefficient (Wildman–Crippen LogP) is 1.28. The van der Waals surface area contributed by atoms with Crippen molar-refractivity contribution in [3.05, 3.63) is 0 Å². The summed E-state index contributed by atoms with van der Waals surface area (Å²) in [6.45, 7) is 6.99. The van der Waals surface area contributed by atoms with Crippen LogP contribution in [0.2, 0.25) is 0 Å². The molecule has 2 heterocycles. The van der Waals surface area contributed by atoms with Crippen molar-refractivity contribution >= 4 is 6.03 Å². The summed E-state index contributed by atoms with van der Waals surface area (Å²) in [5.74, 6) is 0. The van der Waals surface area contributed by atoms with Crippen molar-refractivity contribution in [3.63, 3.8) is 0 Å². The zero-order chi connectivity index (χ0) is 11.4. The smallest absolute Gasteiger partial charge is 0.320 e. The van der Waals surface area contributed by atoms with E-state index in [1.165, 1.54) is 12.8 Å². The third kappa shape index (κ3) is 2.48. The largest absolute Gasteiger partial charge is 0.325 e. The Morgan fingerprint density at radius 2 is 2.19 bits per heavy atom. The van der Waals surface area contributed by atoms with Crippen molar-refractivity contribution in [1.29, 1.82) is 0 Å². The van der Waals surface area contributed by atoms with Gasteiger partial charge in [0, 0.05) is 32.2 Å². The van der Waals surface area contributed by atoms with Gasteiger partial charge in [-0.05, 0) is 32.2 Å². The third-order valence-electron chi connectivity index (χ3n) is 3.56. The first-order valence-corrected chi connectivity index (χ1v) is 6.59. The summed E-state index contributed by atoms with van der Waals surface area (Å²) >= 11 is 0. The van der Waals surface area contributed by atoms with E-state index in [1.807, 2.05) is 4.90 Å². The molecule has 1 atom stereocenters. The molecule has 0 radical (unpaired) electrons. The molecule has 2 aliphatic rings. The Labute approximate surface area is 98.0 Å². The van der Waals surface area contributed by atoms with Gasteiger partial charge < -0.3 is 15.1 Å². The van der Waals surface area contributed by atoms with Gasteiger partial charge in [-0.2, -0.15) is 0 Å². The quantitative estimate of drug-likeness (QED) is 0.785. The van der Waals surface area contributed by atoms with Crippen LogP contribution in [-0.2, 0) is 0 Å². The second-order valence-corrected chi connectivity index (χ2v) is 4.82. The Morgan fingerprint density at radius 3 is 2.75 bits per heavy atom. The molecule has 0 aliphatic carbocycles. The highest BCUT2D eigenvalue weighted by Crippen LogP contribution is 2.16. The first-order valence-electron chi connectivity index (χ1n) is 6.59. The van der Waals surface area contributed by atoms with Gasteiger partial charge in [0.05, 0.1) is 0 Å².